The van der Waals surface area contributed by atoms with Gasteiger partial charge in [0, 0.05) is 50.9 Å². The van der Waals surface area contributed by atoms with Crippen molar-refractivity contribution >= 4 is 15.9 Å². The SMILES string of the molecule is Cc1ccc(C(=O)N2CCN(C)CC2)c(C2CCN(S(=O)(=O)c3ccc(C)c(F)c3)CC2)n1. The van der Waals surface area contributed by atoms with Crippen molar-refractivity contribution in [2.24, 2.45) is 0 Å². The summed E-state index contributed by atoms with van der Waals surface area (Å²) in [5.74, 6) is -0.532. The van der Waals surface area contributed by atoms with Crippen molar-refractivity contribution in [3.63, 3.8) is 0 Å². The number of benzene rings is 1. The number of hydrogen-bond acceptors (Lipinski definition) is 5. The number of piperazine rings is 1. The van der Waals surface area contributed by atoms with E-state index in [9.17, 15) is 17.6 Å². The molecule has 0 saturated carbocycles. The molecule has 2 fully saturated rings. The fourth-order valence-corrected chi connectivity index (χ4v) is 5.98. The molecule has 2 aromatic rings. The normalized spacial score (nSPS) is 19.1. The van der Waals surface area contributed by atoms with E-state index in [-0.39, 0.29) is 16.7 Å². The highest BCUT2D eigenvalue weighted by Crippen LogP contribution is 2.32. The van der Waals surface area contributed by atoms with Gasteiger partial charge in [-0.15, -0.1) is 0 Å². The number of carbonyl (C=O) groups excluding carboxylic acids is 1. The number of amides is 1. The number of aromatic nitrogens is 1. The van der Waals surface area contributed by atoms with Gasteiger partial charge in [-0.05, 0) is 63.6 Å². The number of nitrogens with zero attached hydrogens (tertiary/aromatic N) is 4. The van der Waals surface area contributed by atoms with E-state index in [2.05, 4.69) is 4.90 Å². The van der Waals surface area contributed by atoms with Gasteiger partial charge in [0.05, 0.1) is 16.2 Å². The second-order valence-electron chi connectivity index (χ2n) is 9.07. The van der Waals surface area contributed by atoms with Gasteiger partial charge < -0.3 is 9.80 Å². The van der Waals surface area contributed by atoms with E-state index in [0.29, 0.717) is 50.1 Å². The molecule has 0 N–H and O–H groups in total. The molecule has 2 saturated heterocycles. The summed E-state index contributed by atoms with van der Waals surface area (Å²) in [5, 5.41) is 0. The zero-order valence-corrected chi connectivity index (χ0v) is 20.2. The Labute approximate surface area is 195 Å². The van der Waals surface area contributed by atoms with Gasteiger partial charge >= 0.3 is 0 Å². The van der Waals surface area contributed by atoms with E-state index in [1.165, 1.54) is 16.4 Å². The fraction of sp³-hybridized carbons (Fsp3) is 0.500. The lowest BCUT2D eigenvalue weighted by Gasteiger charge is -2.34. The summed E-state index contributed by atoms with van der Waals surface area (Å²) in [6.07, 6.45) is 1.13. The standard InChI is InChI=1S/C24H31FN4O3S/c1-17-4-6-20(16-22(17)25)33(31,32)29-10-8-19(9-11-29)23-21(7-5-18(2)26-23)24(30)28-14-12-27(3)13-15-28/h4-7,16,19H,8-15H2,1-3H3. The van der Waals surface area contributed by atoms with Crippen molar-refractivity contribution in [1.82, 2.24) is 19.1 Å². The van der Waals surface area contributed by atoms with Gasteiger partial charge in [-0.2, -0.15) is 4.31 Å². The van der Waals surface area contributed by atoms with E-state index in [1.807, 2.05) is 31.0 Å². The molecule has 2 aliphatic heterocycles. The fourth-order valence-electron chi connectivity index (χ4n) is 4.50. The first-order valence-corrected chi connectivity index (χ1v) is 12.8. The van der Waals surface area contributed by atoms with E-state index >= 15 is 0 Å². The highest BCUT2D eigenvalue weighted by Gasteiger charge is 2.33. The number of hydrogen-bond donors (Lipinski definition) is 0. The van der Waals surface area contributed by atoms with E-state index in [4.69, 9.17) is 4.98 Å². The smallest absolute Gasteiger partial charge is 0.255 e. The first kappa shape index (κ1) is 23.8. The zero-order valence-electron chi connectivity index (χ0n) is 19.4. The Balaban J connectivity index is 1.51. The van der Waals surface area contributed by atoms with Crippen LogP contribution in [0.25, 0.3) is 0 Å². The van der Waals surface area contributed by atoms with Crippen LogP contribution in [0.2, 0.25) is 0 Å². The van der Waals surface area contributed by atoms with Gasteiger partial charge in [0.25, 0.3) is 5.91 Å². The molecule has 33 heavy (non-hydrogen) atoms. The second-order valence-corrected chi connectivity index (χ2v) is 11.0. The van der Waals surface area contributed by atoms with Crippen LogP contribution in [-0.2, 0) is 10.0 Å². The largest absolute Gasteiger partial charge is 0.336 e. The number of sulfonamides is 1. The summed E-state index contributed by atoms with van der Waals surface area (Å²) >= 11 is 0. The van der Waals surface area contributed by atoms with Crippen molar-refractivity contribution in [2.75, 3.05) is 46.3 Å². The number of halogens is 1. The van der Waals surface area contributed by atoms with E-state index in [1.54, 1.807) is 6.92 Å². The lowest BCUT2D eigenvalue weighted by molar-refractivity contribution is 0.0661. The molecule has 1 aromatic carbocycles. The summed E-state index contributed by atoms with van der Waals surface area (Å²) in [7, 11) is -1.72. The molecule has 2 aliphatic rings. The summed E-state index contributed by atoms with van der Waals surface area (Å²) < 4.78 is 41.4. The number of piperidine rings is 1. The summed E-state index contributed by atoms with van der Waals surface area (Å²) in [5.41, 5.74) is 2.63. The van der Waals surface area contributed by atoms with Gasteiger partial charge in [-0.3, -0.25) is 9.78 Å². The maximum atomic E-state index is 14.0. The van der Waals surface area contributed by atoms with Crippen molar-refractivity contribution in [3.8, 4) is 0 Å². The van der Waals surface area contributed by atoms with E-state index in [0.717, 1.165) is 30.5 Å². The Morgan fingerprint density at radius 3 is 2.30 bits per heavy atom. The zero-order chi connectivity index (χ0) is 23.8. The highest BCUT2D eigenvalue weighted by atomic mass is 32.2. The minimum atomic E-state index is -3.77. The van der Waals surface area contributed by atoms with Crippen LogP contribution in [0.3, 0.4) is 0 Å². The molecular formula is C24H31FN4O3S. The van der Waals surface area contributed by atoms with Crippen LogP contribution in [0.4, 0.5) is 4.39 Å². The molecular weight excluding hydrogens is 443 g/mol. The average Bonchev–Trinajstić information content (AvgIpc) is 2.81. The average molecular weight is 475 g/mol. The van der Waals surface area contributed by atoms with Gasteiger partial charge in [0.15, 0.2) is 0 Å². The van der Waals surface area contributed by atoms with Gasteiger partial charge in [-0.25, -0.2) is 12.8 Å². The van der Waals surface area contributed by atoms with Crippen LogP contribution in [0.5, 0.6) is 0 Å². The van der Waals surface area contributed by atoms with Crippen LogP contribution < -0.4 is 0 Å². The third kappa shape index (κ3) is 4.95. The topological polar surface area (TPSA) is 73.8 Å². The minimum absolute atomic E-state index is 0.00230. The third-order valence-electron chi connectivity index (χ3n) is 6.71. The lowest BCUT2D eigenvalue weighted by Crippen LogP contribution is -2.47. The molecule has 0 atom stereocenters. The predicted octanol–water partition coefficient (Wildman–Crippen LogP) is 2.79. The number of carbonyl (C=O) groups is 1. The molecule has 0 aliphatic carbocycles. The molecule has 7 nitrogen and oxygen atoms in total. The Morgan fingerprint density at radius 2 is 1.67 bits per heavy atom. The van der Waals surface area contributed by atoms with Crippen LogP contribution >= 0.6 is 0 Å². The van der Waals surface area contributed by atoms with Gasteiger partial charge in [0.1, 0.15) is 5.82 Å². The van der Waals surface area contributed by atoms with Crippen molar-refractivity contribution in [2.45, 2.75) is 37.5 Å². The van der Waals surface area contributed by atoms with Crippen molar-refractivity contribution in [1.29, 1.82) is 0 Å². The highest BCUT2D eigenvalue weighted by molar-refractivity contribution is 7.89. The van der Waals surface area contributed by atoms with Crippen LogP contribution in [0.15, 0.2) is 35.2 Å². The minimum Gasteiger partial charge on any atom is -0.336 e. The Kier molecular flexibility index (Phi) is 6.83. The first-order valence-electron chi connectivity index (χ1n) is 11.4. The Morgan fingerprint density at radius 1 is 1.00 bits per heavy atom. The number of likely N-dealkylation sites (N-methyl/N-ethyl adjacent to an activating group) is 1. The Hall–Kier alpha value is -2.36. The number of aryl methyl sites for hydroxylation is 2. The molecule has 3 heterocycles. The lowest BCUT2D eigenvalue weighted by atomic mass is 9.90. The third-order valence-corrected chi connectivity index (χ3v) is 8.60. The van der Waals surface area contributed by atoms with Crippen LogP contribution in [-0.4, -0.2) is 79.7 Å². The van der Waals surface area contributed by atoms with E-state index < -0.39 is 15.8 Å². The van der Waals surface area contributed by atoms with Crippen LogP contribution in [0.1, 0.15) is 46.1 Å². The second kappa shape index (κ2) is 9.48. The molecule has 178 valence electrons. The summed E-state index contributed by atoms with van der Waals surface area (Å²) in [6.45, 7) is 7.18. The first-order chi connectivity index (χ1) is 15.7. The molecule has 9 heteroatoms. The molecule has 0 bridgehead atoms. The quantitative estimate of drug-likeness (QED) is 0.681. The maximum Gasteiger partial charge on any atom is 0.255 e. The maximum absolute atomic E-state index is 14.0. The van der Waals surface area contributed by atoms with Crippen molar-refractivity contribution in [3.05, 3.63) is 58.7 Å². The molecule has 0 spiro atoms. The number of pyridine rings is 1. The summed E-state index contributed by atoms with van der Waals surface area (Å²) in [4.78, 5) is 22.0. The van der Waals surface area contributed by atoms with Crippen LogP contribution in [0, 0.1) is 19.7 Å². The molecule has 4 rings (SSSR count). The predicted molar refractivity (Wildman–Crippen MR) is 124 cm³/mol. The molecule has 1 aromatic heterocycles. The number of rotatable bonds is 4. The molecule has 0 radical (unpaired) electrons. The van der Waals surface area contributed by atoms with Gasteiger partial charge in [-0.1, -0.05) is 6.07 Å². The molecule has 0 unspecified atom stereocenters. The van der Waals surface area contributed by atoms with Crippen molar-refractivity contribution < 1.29 is 17.6 Å². The monoisotopic (exact) mass is 474 g/mol. The summed E-state index contributed by atoms with van der Waals surface area (Å²) in [6, 6.07) is 7.75. The molecule has 1 amide bonds. The Bertz CT molecular complexity index is 1140. The van der Waals surface area contributed by atoms with Gasteiger partial charge in [0.2, 0.25) is 10.0 Å².